The van der Waals surface area contributed by atoms with Crippen LogP contribution in [0.15, 0.2) is 24.3 Å². The number of aliphatic carboxylic acids is 1. The van der Waals surface area contributed by atoms with E-state index < -0.39 is 5.97 Å². The first-order chi connectivity index (χ1) is 6.09. The van der Waals surface area contributed by atoms with Gasteiger partial charge in [-0.25, -0.2) is 4.79 Å². The van der Waals surface area contributed by atoms with Crippen LogP contribution in [0.3, 0.4) is 0 Å². The molecule has 4 heteroatoms. The molecule has 0 aliphatic heterocycles. The highest BCUT2D eigenvalue weighted by atomic mass is 16.5. The second kappa shape index (κ2) is 3.62. The molecule has 0 radical (unpaired) electrons. The van der Waals surface area contributed by atoms with Crippen LogP contribution in [0.5, 0.6) is 11.5 Å². The van der Waals surface area contributed by atoms with Gasteiger partial charge < -0.3 is 15.3 Å². The van der Waals surface area contributed by atoms with Crippen LogP contribution < -0.4 is 0 Å². The summed E-state index contributed by atoms with van der Waals surface area (Å²) < 4.78 is 0. The molecule has 1 rings (SSSR count). The Hall–Kier alpha value is -1.97. The topological polar surface area (TPSA) is 77.8 Å². The summed E-state index contributed by atoms with van der Waals surface area (Å²) in [5.74, 6) is -1.56. The van der Waals surface area contributed by atoms with E-state index in [1.807, 2.05) is 0 Å². The molecular weight excluding hydrogens is 181 g/mol. The SMILES string of the molecule is O=[13C](O)/[13CH]=[13CH]/[13c]1[13cH][13cH][13c](O)[13c](O)[13cH]1. The summed E-state index contributed by atoms with van der Waals surface area (Å²) in [5.41, 5.74) is 0.512. The number of phenolic OH excluding ortho intramolecular Hbond substituents is 2. The predicted molar refractivity (Wildman–Crippen MR) is 46.4 cm³/mol. The molecule has 0 aromatic heterocycles. The Morgan fingerprint density at radius 2 is 1.92 bits per heavy atom. The largest absolute Gasteiger partial charge is 0.504 e. The normalized spacial score (nSPS) is 10.5. The highest BCUT2D eigenvalue weighted by Crippen LogP contribution is 2.25. The third-order valence-electron chi connectivity index (χ3n) is 1.42. The second-order valence-electron chi connectivity index (χ2n) is 2.42. The van der Waals surface area contributed by atoms with E-state index in [0.717, 1.165) is 6.08 Å². The molecule has 0 aliphatic rings. The molecule has 4 nitrogen and oxygen atoms in total. The minimum atomic E-state index is -1.06. The van der Waals surface area contributed by atoms with Crippen molar-refractivity contribution in [2.45, 2.75) is 0 Å². The summed E-state index contributed by atoms with van der Waals surface area (Å²) in [6.45, 7) is 0. The molecule has 0 spiro atoms. The molecular formula is C9H8O4. The van der Waals surface area contributed by atoms with Gasteiger partial charge >= 0.3 is 5.97 Å². The molecule has 0 amide bonds. The standard InChI is InChI=1S/C9H8O4/c10-7-3-1-6(5-8(7)11)2-4-9(12)13/h1-5,10-11H,(H,12,13)/b4-2+/i1+1,2+1,3+1,4+1,5+1,6+1,7+1,8+1,9+1. The van der Waals surface area contributed by atoms with Gasteiger partial charge in [0.05, 0.1) is 0 Å². The van der Waals surface area contributed by atoms with Crippen molar-refractivity contribution >= 4 is 12.0 Å². The van der Waals surface area contributed by atoms with Crippen molar-refractivity contribution in [2.75, 3.05) is 0 Å². The van der Waals surface area contributed by atoms with Gasteiger partial charge in [-0.1, -0.05) is 6.07 Å². The Labute approximate surface area is 74.4 Å². The minimum Gasteiger partial charge on any atom is -0.504 e. The summed E-state index contributed by atoms with van der Waals surface area (Å²) in [6, 6.07) is 4.06. The fourth-order valence-electron chi connectivity index (χ4n) is 0.812. The Kier molecular flexibility index (Phi) is 2.54. The van der Waals surface area contributed by atoms with Gasteiger partial charge in [0.15, 0.2) is 11.5 Å². The monoisotopic (exact) mass is 189 g/mol. The number of hydrogen-bond donors (Lipinski definition) is 3. The first-order valence-electron chi connectivity index (χ1n) is 3.52. The van der Waals surface area contributed by atoms with E-state index in [1.54, 1.807) is 0 Å². The number of hydrogen-bond acceptors (Lipinski definition) is 3. The summed E-state index contributed by atoms with van der Waals surface area (Å²) in [5, 5.41) is 26.3. The average Bonchev–Trinajstić information content (AvgIpc) is 2.07. The quantitative estimate of drug-likeness (QED) is 0.371. The second-order valence-corrected chi connectivity index (χ2v) is 2.42. The summed E-state index contributed by atoms with van der Waals surface area (Å²) in [7, 11) is 0. The van der Waals surface area contributed by atoms with Crippen molar-refractivity contribution < 1.29 is 20.1 Å². The number of carboxylic acids is 1. The van der Waals surface area contributed by atoms with E-state index in [9.17, 15) is 4.79 Å². The van der Waals surface area contributed by atoms with Crippen molar-refractivity contribution in [3.63, 3.8) is 0 Å². The molecule has 0 saturated carbocycles. The van der Waals surface area contributed by atoms with E-state index in [4.69, 9.17) is 15.3 Å². The number of carboxylic acid groups (broad SMARTS) is 1. The third-order valence-corrected chi connectivity index (χ3v) is 1.42. The van der Waals surface area contributed by atoms with Crippen LogP contribution in [0.4, 0.5) is 0 Å². The van der Waals surface area contributed by atoms with E-state index in [-0.39, 0.29) is 11.5 Å². The molecule has 13 heavy (non-hydrogen) atoms. The summed E-state index contributed by atoms with van der Waals surface area (Å²) in [4.78, 5) is 10.1. The Morgan fingerprint density at radius 1 is 1.23 bits per heavy atom. The average molecular weight is 189 g/mol. The zero-order chi connectivity index (χ0) is 9.84. The lowest BCUT2D eigenvalue weighted by Crippen LogP contribution is -1.85. The number of phenols is 2. The summed E-state index contributed by atoms with van der Waals surface area (Å²) >= 11 is 0. The fourth-order valence-corrected chi connectivity index (χ4v) is 0.812. The van der Waals surface area contributed by atoms with Crippen LogP contribution in [-0.4, -0.2) is 21.3 Å². The fraction of sp³-hybridized carbons (Fsp3) is 0. The van der Waals surface area contributed by atoms with Crippen LogP contribution in [0.1, 0.15) is 5.56 Å². The molecule has 0 bridgehead atoms. The van der Waals surface area contributed by atoms with E-state index >= 15 is 0 Å². The molecule has 0 heterocycles. The maximum Gasteiger partial charge on any atom is 0.328 e. The van der Waals surface area contributed by atoms with Gasteiger partial charge in [-0.3, -0.25) is 0 Å². The van der Waals surface area contributed by atoms with Gasteiger partial charge in [-0.2, -0.15) is 0 Å². The van der Waals surface area contributed by atoms with E-state index in [2.05, 4.69) is 0 Å². The minimum absolute atomic E-state index is 0.229. The molecule has 0 aliphatic carbocycles. The van der Waals surface area contributed by atoms with Crippen LogP contribution in [0.25, 0.3) is 6.08 Å². The lowest BCUT2D eigenvalue weighted by atomic mass is 11.1. The van der Waals surface area contributed by atoms with E-state index in [1.165, 1.54) is 24.3 Å². The van der Waals surface area contributed by atoms with Crippen molar-refractivity contribution in [2.24, 2.45) is 0 Å². The van der Waals surface area contributed by atoms with Gasteiger partial charge in [-0.15, -0.1) is 0 Å². The Balaban J connectivity index is 2.92. The Morgan fingerprint density at radius 3 is 2.46 bits per heavy atom. The Bertz CT molecular complexity index is 355. The van der Waals surface area contributed by atoms with Gasteiger partial charge in [-0.05, 0) is 23.8 Å². The number of rotatable bonds is 2. The van der Waals surface area contributed by atoms with Crippen LogP contribution in [-0.2, 0) is 4.79 Å². The highest BCUT2D eigenvalue weighted by Gasteiger charge is 1.97. The van der Waals surface area contributed by atoms with Crippen molar-refractivity contribution in [1.82, 2.24) is 0 Å². The van der Waals surface area contributed by atoms with Gasteiger partial charge in [0.25, 0.3) is 0 Å². The van der Waals surface area contributed by atoms with Gasteiger partial charge in [0.1, 0.15) is 0 Å². The number of aromatic hydroxyl groups is 2. The molecule has 3 N–H and O–H groups in total. The molecule has 0 unspecified atom stereocenters. The smallest absolute Gasteiger partial charge is 0.328 e. The lowest BCUT2D eigenvalue weighted by molar-refractivity contribution is -0.131. The zero-order valence-corrected chi connectivity index (χ0v) is 6.64. The molecule has 0 atom stereocenters. The van der Waals surface area contributed by atoms with Crippen molar-refractivity contribution in [3.8, 4) is 11.5 Å². The zero-order valence-electron chi connectivity index (χ0n) is 6.64. The van der Waals surface area contributed by atoms with E-state index in [0.29, 0.717) is 5.56 Å². The third kappa shape index (κ3) is 2.52. The maximum atomic E-state index is 10.1. The van der Waals surface area contributed by atoms with Crippen LogP contribution in [0, 0.1) is 0 Å². The lowest BCUT2D eigenvalue weighted by Gasteiger charge is -1.97. The van der Waals surface area contributed by atoms with Gasteiger partial charge in [0, 0.05) is 6.08 Å². The first kappa shape index (κ1) is 9.12. The molecule has 1 aromatic carbocycles. The molecule has 0 fully saturated rings. The van der Waals surface area contributed by atoms with Crippen molar-refractivity contribution in [3.05, 3.63) is 29.8 Å². The number of carbonyl (C=O) groups is 1. The molecule has 1 aromatic rings. The van der Waals surface area contributed by atoms with Crippen molar-refractivity contribution in [1.29, 1.82) is 0 Å². The highest BCUT2D eigenvalue weighted by molar-refractivity contribution is 5.85. The van der Waals surface area contributed by atoms with Gasteiger partial charge in [0.2, 0.25) is 0 Å². The number of benzene rings is 1. The van der Waals surface area contributed by atoms with Crippen LogP contribution >= 0.6 is 0 Å². The first-order valence-corrected chi connectivity index (χ1v) is 3.52. The maximum absolute atomic E-state index is 10.1. The molecule has 0 saturated heterocycles. The summed E-state index contributed by atoms with van der Waals surface area (Å²) in [6.07, 6.45) is 2.27. The molecule has 68 valence electrons. The predicted octanol–water partition coefficient (Wildman–Crippen LogP) is 1.20. The van der Waals surface area contributed by atoms with Crippen LogP contribution in [0.2, 0.25) is 0 Å².